The van der Waals surface area contributed by atoms with Crippen molar-refractivity contribution in [3.05, 3.63) is 23.7 Å². The minimum atomic E-state index is -1.12. The Bertz CT molecular complexity index is 387. The SMILES string of the molecule is Cc1ccc([C@H](N[S@+]([O-])C(C)(C)C)C(C)(C)C)o1. The van der Waals surface area contributed by atoms with Gasteiger partial charge in [-0.15, -0.1) is 4.72 Å². The first-order valence-corrected chi connectivity index (χ1v) is 7.41. The zero-order valence-corrected chi connectivity index (χ0v) is 13.3. The van der Waals surface area contributed by atoms with Gasteiger partial charge in [-0.25, -0.2) is 0 Å². The predicted molar refractivity (Wildman–Crippen MR) is 76.7 cm³/mol. The van der Waals surface area contributed by atoms with Crippen LogP contribution in [0.15, 0.2) is 16.5 Å². The molecule has 1 N–H and O–H groups in total. The number of furan rings is 1. The second-order valence-electron chi connectivity index (χ2n) is 6.75. The van der Waals surface area contributed by atoms with E-state index in [0.29, 0.717) is 0 Å². The van der Waals surface area contributed by atoms with E-state index in [2.05, 4.69) is 25.5 Å². The van der Waals surface area contributed by atoms with Gasteiger partial charge in [-0.05, 0) is 45.2 Å². The first-order valence-electron chi connectivity index (χ1n) is 6.26. The van der Waals surface area contributed by atoms with Crippen LogP contribution >= 0.6 is 0 Å². The lowest BCUT2D eigenvalue weighted by Gasteiger charge is -2.33. The van der Waals surface area contributed by atoms with Crippen molar-refractivity contribution in [1.82, 2.24) is 4.72 Å². The molecule has 104 valence electrons. The van der Waals surface area contributed by atoms with Gasteiger partial charge in [0.05, 0.1) is 0 Å². The van der Waals surface area contributed by atoms with Gasteiger partial charge in [0.1, 0.15) is 22.3 Å². The second-order valence-corrected chi connectivity index (χ2v) is 8.74. The van der Waals surface area contributed by atoms with Crippen molar-refractivity contribution in [2.75, 3.05) is 0 Å². The third-order valence-electron chi connectivity index (χ3n) is 2.69. The van der Waals surface area contributed by atoms with Gasteiger partial charge >= 0.3 is 0 Å². The van der Waals surface area contributed by atoms with Gasteiger partial charge < -0.3 is 8.97 Å². The van der Waals surface area contributed by atoms with Gasteiger partial charge in [0.25, 0.3) is 0 Å². The zero-order chi connectivity index (χ0) is 14.1. The van der Waals surface area contributed by atoms with Gasteiger partial charge in [-0.2, -0.15) is 0 Å². The quantitative estimate of drug-likeness (QED) is 0.852. The highest BCUT2D eigenvalue weighted by Crippen LogP contribution is 2.35. The molecule has 0 bridgehead atoms. The third-order valence-corrected chi connectivity index (χ3v) is 4.25. The van der Waals surface area contributed by atoms with Crippen LogP contribution in [0.1, 0.15) is 59.1 Å². The first-order chi connectivity index (χ1) is 8.01. The highest BCUT2D eigenvalue weighted by molar-refractivity contribution is 7.90. The molecule has 0 saturated heterocycles. The highest BCUT2D eigenvalue weighted by Gasteiger charge is 2.36. The van der Waals surface area contributed by atoms with Crippen LogP contribution in [0.5, 0.6) is 0 Å². The molecule has 0 unspecified atom stereocenters. The van der Waals surface area contributed by atoms with E-state index < -0.39 is 11.4 Å². The number of nitrogens with one attached hydrogen (secondary N) is 1. The van der Waals surface area contributed by atoms with Crippen LogP contribution in [-0.2, 0) is 11.4 Å². The molecule has 2 atom stereocenters. The Balaban J connectivity index is 2.95. The molecule has 0 aliphatic carbocycles. The fourth-order valence-electron chi connectivity index (χ4n) is 1.55. The van der Waals surface area contributed by atoms with E-state index in [1.54, 1.807) is 0 Å². The molecule has 1 aromatic rings. The van der Waals surface area contributed by atoms with Crippen molar-refractivity contribution < 1.29 is 8.97 Å². The van der Waals surface area contributed by atoms with E-state index in [9.17, 15) is 4.55 Å². The van der Waals surface area contributed by atoms with Gasteiger partial charge in [-0.3, -0.25) is 0 Å². The lowest BCUT2D eigenvalue weighted by molar-refractivity contribution is 0.261. The monoisotopic (exact) mass is 271 g/mol. The number of rotatable bonds is 3. The van der Waals surface area contributed by atoms with E-state index in [1.807, 2.05) is 39.8 Å². The second kappa shape index (κ2) is 5.27. The van der Waals surface area contributed by atoms with E-state index in [0.717, 1.165) is 11.5 Å². The van der Waals surface area contributed by atoms with E-state index in [1.165, 1.54) is 0 Å². The van der Waals surface area contributed by atoms with Crippen molar-refractivity contribution in [2.45, 2.75) is 59.3 Å². The Hall–Kier alpha value is -0.450. The number of hydrogen-bond donors (Lipinski definition) is 1. The molecule has 1 heterocycles. The van der Waals surface area contributed by atoms with Gasteiger partial charge in [0.15, 0.2) is 0 Å². The molecule has 0 aromatic carbocycles. The fourth-order valence-corrected chi connectivity index (χ4v) is 2.59. The molecule has 4 heteroatoms. The van der Waals surface area contributed by atoms with E-state index >= 15 is 0 Å². The minimum absolute atomic E-state index is 0.0636. The van der Waals surface area contributed by atoms with E-state index in [4.69, 9.17) is 4.42 Å². The Morgan fingerprint density at radius 3 is 2.06 bits per heavy atom. The molecule has 3 nitrogen and oxygen atoms in total. The fraction of sp³-hybridized carbons (Fsp3) is 0.714. The molecular weight excluding hydrogens is 246 g/mol. The van der Waals surface area contributed by atoms with Crippen molar-refractivity contribution in [1.29, 1.82) is 0 Å². The third kappa shape index (κ3) is 4.04. The summed E-state index contributed by atoms with van der Waals surface area (Å²) in [6.45, 7) is 14.1. The summed E-state index contributed by atoms with van der Waals surface area (Å²) in [7, 11) is 0. The molecule has 0 saturated carbocycles. The van der Waals surface area contributed by atoms with Crippen LogP contribution in [0.3, 0.4) is 0 Å². The molecule has 0 aliphatic heterocycles. The van der Waals surface area contributed by atoms with Crippen molar-refractivity contribution >= 4 is 11.4 Å². The van der Waals surface area contributed by atoms with Crippen LogP contribution in [0.25, 0.3) is 0 Å². The predicted octanol–water partition coefficient (Wildman–Crippen LogP) is 3.73. The first kappa shape index (κ1) is 15.6. The summed E-state index contributed by atoms with van der Waals surface area (Å²) in [6.07, 6.45) is 0. The Labute approximate surface area is 114 Å². The van der Waals surface area contributed by atoms with Gasteiger partial charge in [0, 0.05) is 11.4 Å². The maximum atomic E-state index is 12.3. The standard InChI is InChI=1S/C14H25NO2S/c1-10-8-9-11(17-10)12(13(2,3)4)15-18(16)14(5,6)7/h8-9,12,15H,1-7H3/t12-,18+/m0/s1. The average molecular weight is 271 g/mol. The topological polar surface area (TPSA) is 48.2 Å². The van der Waals surface area contributed by atoms with Crippen molar-refractivity contribution in [3.8, 4) is 0 Å². The molecular formula is C14H25NO2S. The van der Waals surface area contributed by atoms with Crippen molar-refractivity contribution in [2.24, 2.45) is 5.41 Å². The molecule has 1 aromatic heterocycles. The molecule has 0 radical (unpaired) electrons. The smallest absolute Gasteiger partial charge is 0.136 e. The van der Waals surface area contributed by atoms with Crippen LogP contribution in [0.2, 0.25) is 0 Å². The van der Waals surface area contributed by atoms with Crippen LogP contribution < -0.4 is 4.72 Å². The molecule has 0 aliphatic rings. The number of aryl methyl sites for hydroxylation is 1. The lowest BCUT2D eigenvalue weighted by atomic mass is 9.86. The van der Waals surface area contributed by atoms with Crippen LogP contribution in [-0.4, -0.2) is 9.30 Å². The molecule has 0 spiro atoms. The summed E-state index contributed by atoms with van der Waals surface area (Å²) in [5.74, 6) is 1.72. The summed E-state index contributed by atoms with van der Waals surface area (Å²) >= 11 is -1.12. The molecule has 0 amide bonds. The largest absolute Gasteiger partial charge is 0.598 e. The maximum absolute atomic E-state index is 12.3. The van der Waals surface area contributed by atoms with E-state index in [-0.39, 0.29) is 16.2 Å². The Kier molecular flexibility index (Phi) is 4.57. The summed E-state index contributed by atoms with van der Waals surface area (Å²) in [5, 5.41) is 0. The average Bonchev–Trinajstić information content (AvgIpc) is 2.57. The molecule has 18 heavy (non-hydrogen) atoms. The summed E-state index contributed by atoms with van der Waals surface area (Å²) < 4.78 is 20.9. The normalized spacial score (nSPS) is 16.7. The minimum Gasteiger partial charge on any atom is -0.598 e. The zero-order valence-electron chi connectivity index (χ0n) is 12.5. The van der Waals surface area contributed by atoms with Gasteiger partial charge in [0.2, 0.25) is 0 Å². The van der Waals surface area contributed by atoms with Crippen molar-refractivity contribution in [3.63, 3.8) is 0 Å². The summed E-state index contributed by atoms with van der Waals surface area (Å²) in [4.78, 5) is 0. The lowest BCUT2D eigenvalue weighted by Crippen LogP contribution is -2.44. The van der Waals surface area contributed by atoms with Crippen LogP contribution in [0.4, 0.5) is 0 Å². The Morgan fingerprint density at radius 1 is 1.17 bits per heavy atom. The molecule has 1 rings (SSSR count). The molecule has 0 fully saturated rings. The number of hydrogen-bond acceptors (Lipinski definition) is 3. The maximum Gasteiger partial charge on any atom is 0.136 e. The highest BCUT2D eigenvalue weighted by atomic mass is 32.2. The summed E-state index contributed by atoms with van der Waals surface area (Å²) in [5.41, 5.74) is -0.0643. The Morgan fingerprint density at radius 2 is 1.72 bits per heavy atom. The van der Waals surface area contributed by atoms with Crippen LogP contribution in [0, 0.1) is 12.3 Å². The van der Waals surface area contributed by atoms with Gasteiger partial charge in [-0.1, -0.05) is 20.8 Å². The summed E-state index contributed by atoms with van der Waals surface area (Å²) in [6, 6.07) is 3.83.